The normalized spacial score (nSPS) is 14.5. The van der Waals surface area contributed by atoms with Crippen LogP contribution in [0.25, 0.3) is 6.08 Å². The Morgan fingerprint density at radius 2 is 1.85 bits per heavy atom. The van der Waals surface area contributed by atoms with Crippen molar-refractivity contribution in [2.24, 2.45) is 0 Å². The fourth-order valence-electron chi connectivity index (χ4n) is 3.27. The molecule has 3 heteroatoms. The van der Waals surface area contributed by atoms with Gasteiger partial charge < -0.3 is 9.47 Å². The summed E-state index contributed by atoms with van der Waals surface area (Å²) in [6.45, 7) is 8.18. The van der Waals surface area contributed by atoms with E-state index in [1.54, 1.807) is 7.11 Å². The summed E-state index contributed by atoms with van der Waals surface area (Å²) in [7, 11) is 1.64. The second-order valence-corrected chi connectivity index (χ2v) is 7.52. The minimum absolute atomic E-state index is 0.174. The molecule has 2 aromatic rings. The molecule has 0 amide bonds. The first-order valence-electron chi connectivity index (χ1n) is 8.95. The van der Waals surface area contributed by atoms with Crippen LogP contribution in [0.15, 0.2) is 36.4 Å². The van der Waals surface area contributed by atoms with Crippen LogP contribution in [0.3, 0.4) is 0 Å². The number of ketones is 1. The second kappa shape index (κ2) is 6.99. The SMILES string of the molecule is COc1c(CC(=O)Cc2ccc(C)c(C)c2)ccc2c1C=CC(C)(C)O2. The molecule has 1 heterocycles. The molecule has 0 radical (unpaired) electrons. The Morgan fingerprint density at radius 3 is 2.54 bits per heavy atom. The first-order chi connectivity index (χ1) is 12.3. The molecule has 1 aliphatic rings. The van der Waals surface area contributed by atoms with Gasteiger partial charge in [0.2, 0.25) is 0 Å². The van der Waals surface area contributed by atoms with Crippen molar-refractivity contribution >= 4 is 11.9 Å². The summed E-state index contributed by atoms with van der Waals surface area (Å²) < 4.78 is 11.6. The molecule has 0 spiro atoms. The molecule has 0 fully saturated rings. The fraction of sp³-hybridized carbons (Fsp3) is 0.348. The Morgan fingerprint density at radius 1 is 1.08 bits per heavy atom. The van der Waals surface area contributed by atoms with Gasteiger partial charge in [0.05, 0.1) is 12.7 Å². The van der Waals surface area contributed by atoms with E-state index in [2.05, 4.69) is 26.0 Å². The highest BCUT2D eigenvalue weighted by Gasteiger charge is 2.25. The minimum Gasteiger partial charge on any atom is -0.496 e. The topological polar surface area (TPSA) is 35.5 Å². The molecule has 136 valence electrons. The highest BCUT2D eigenvalue weighted by molar-refractivity contribution is 5.84. The summed E-state index contributed by atoms with van der Waals surface area (Å²) >= 11 is 0. The molecule has 1 aliphatic heterocycles. The Hall–Kier alpha value is -2.55. The van der Waals surface area contributed by atoms with Crippen LogP contribution in [0.1, 0.15) is 41.7 Å². The van der Waals surface area contributed by atoms with E-state index in [0.717, 1.165) is 28.2 Å². The van der Waals surface area contributed by atoms with Gasteiger partial charge in [-0.05, 0) is 62.6 Å². The van der Waals surface area contributed by atoms with Gasteiger partial charge in [-0.2, -0.15) is 0 Å². The number of ether oxygens (including phenoxy) is 2. The Kier molecular flexibility index (Phi) is 4.90. The second-order valence-electron chi connectivity index (χ2n) is 7.52. The van der Waals surface area contributed by atoms with E-state index in [-0.39, 0.29) is 11.4 Å². The predicted molar refractivity (Wildman–Crippen MR) is 105 cm³/mol. The number of aryl methyl sites for hydroxylation is 2. The molecule has 0 aromatic heterocycles. The maximum absolute atomic E-state index is 12.6. The highest BCUT2D eigenvalue weighted by Crippen LogP contribution is 2.39. The largest absolute Gasteiger partial charge is 0.496 e. The molecule has 0 saturated heterocycles. The molecule has 0 bridgehead atoms. The monoisotopic (exact) mass is 350 g/mol. The van der Waals surface area contributed by atoms with E-state index in [1.807, 2.05) is 44.2 Å². The van der Waals surface area contributed by atoms with Gasteiger partial charge in [0, 0.05) is 18.4 Å². The molecule has 3 rings (SSSR count). The van der Waals surface area contributed by atoms with E-state index in [1.165, 1.54) is 11.1 Å². The van der Waals surface area contributed by atoms with E-state index in [9.17, 15) is 4.79 Å². The molecule has 3 nitrogen and oxygen atoms in total. The van der Waals surface area contributed by atoms with Crippen molar-refractivity contribution < 1.29 is 14.3 Å². The molecule has 26 heavy (non-hydrogen) atoms. The van der Waals surface area contributed by atoms with Crippen LogP contribution in [-0.2, 0) is 17.6 Å². The van der Waals surface area contributed by atoms with Crippen LogP contribution in [-0.4, -0.2) is 18.5 Å². The van der Waals surface area contributed by atoms with Crippen molar-refractivity contribution in [3.8, 4) is 11.5 Å². The van der Waals surface area contributed by atoms with Crippen LogP contribution in [0.2, 0.25) is 0 Å². The first-order valence-corrected chi connectivity index (χ1v) is 8.95. The van der Waals surface area contributed by atoms with Gasteiger partial charge in [-0.3, -0.25) is 4.79 Å². The standard InChI is InChI=1S/C23H26O3/c1-15-6-7-17(12-16(15)2)13-19(24)14-18-8-9-21-20(22(18)25-5)10-11-23(3,4)26-21/h6-12H,13-14H2,1-5H3. The van der Waals surface area contributed by atoms with Crippen molar-refractivity contribution in [3.63, 3.8) is 0 Å². The van der Waals surface area contributed by atoms with Gasteiger partial charge in [0.15, 0.2) is 0 Å². The number of methoxy groups -OCH3 is 1. The van der Waals surface area contributed by atoms with Gasteiger partial charge >= 0.3 is 0 Å². The van der Waals surface area contributed by atoms with E-state index < -0.39 is 0 Å². The number of carbonyl (C=O) groups excluding carboxylic acids is 1. The summed E-state index contributed by atoms with van der Waals surface area (Å²) in [6.07, 6.45) is 4.81. The molecule has 2 aromatic carbocycles. The van der Waals surface area contributed by atoms with Crippen molar-refractivity contribution in [1.82, 2.24) is 0 Å². The Labute approximate surface area is 155 Å². The lowest BCUT2D eigenvalue weighted by Gasteiger charge is -2.29. The summed E-state index contributed by atoms with van der Waals surface area (Å²) in [5, 5.41) is 0. The van der Waals surface area contributed by atoms with Gasteiger partial charge in [0.25, 0.3) is 0 Å². The van der Waals surface area contributed by atoms with Crippen LogP contribution in [0, 0.1) is 13.8 Å². The number of carbonyl (C=O) groups is 1. The molecule has 0 atom stereocenters. The third-order valence-electron chi connectivity index (χ3n) is 4.83. The maximum Gasteiger partial charge on any atom is 0.141 e. The van der Waals surface area contributed by atoms with Crippen molar-refractivity contribution in [3.05, 3.63) is 64.2 Å². The van der Waals surface area contributed by atoms with Crippen LogP contribution < -0.4 is 9.47 Å². The lowest BCUT2D eigenvalue weighted by molar-refractivity contribution is -0.117. The lowest BCUT2D eigenvalue weighted by Crippen LogP contribution is -2.27. The summed E-state index contributed by atoms with van der Waals surface area (Å²) in [5.74, 6) is 1.69. The fourth-order valence-corrected chi connectivity index (χ4v) is 3.27. The number of Topliss-reactive ketones (excluding diaryl/α,β-unsaturated/α-hetero) is 1. The summed E-state index contributed by atoms with van der Waals surface area (Å²) in [4.78, 5) is 12.6. The zero-order valence-electron chi connectivity index (χ0n) is 16.2. The van der Waals surface area contributed by atoms with Gasteiger partial charge in [-0.1, -0.05) is 24.3 Å². The lowest BCUT2D eigenvalue weighted by atomic mass is 9.95. The average Bonchev–Trinajstić information content (AvgIpc) is 2.57. The van der Waals surface area contributed by atoms with E-state index in [4.69, 9.17) is 9.47 Å². The number of benzene rings is 2. The molecular formula is C23H26O3. The summed E-state index contributed by atoms with van der Waals surface area (Å²) in [5.41, 5.74) is 4.98. The van der Waals surface area contributed by atoms with E-state index >= 15 is 0 Å². The smallest absolute Gasteiger partial charge is 0.141 e. The first kappa shape index (κ1) is 18.2. The number of fused-ring (bicyclic) bond motifs is 1. The highest BCUT2D eigenvalue weighted by atomic mass is 16.5. The van der Waals surface area contributed by atoms with Crippen LogP contribution >= 0.6 is 0 Å². The quantitative estimate of drug-likeness (QED) is 0.773. The number of hydrogen-bond acceptors (Lipinski definition) is 3. The molecule has 0 aliphatic carbocycles. The molecule has 0 unspecified atom stereocenters. The molecule has 0 N–H and O–H groups in total. The average molecular weight is 350 g/mol. The summed E-state index contributed by atoms with van der Waals surface area (Å²) in [6, 6.07) is 10.1. The van der Waals surface area contributed by atoms with Gasteiger partial charge in [-0.25, -0.2) is 0 Å². The van der Waals surface area contributed by atoms with Crippen LogP contribution in [0.4, 0.5) is 0 Å². The van der Waals surface area contributed by atoms with Crippen molar-refractivity contribution in [2.75, 3.05) is 7.11 Å². The van der Waals surface area contributed by atoms with Gasteiger partial charge in [0.1, 0.15) is 22.9 Å². The number of hydrogen-bond donors (Lipinski definition) is 0. The Bertz CT molecular complexity index is 875. The van der Waals surface area contributed by atoms with Crippen LogP contribution in [0.5, 0.6) is 11.5 Å². The third-order valence-corrected chi connectivity index (χ3v) is 4.83. The molecular weight excluding hydrogens is 324 g/mol. The zero-order valence-corrected chi connectivity index (χ0v) is 16.2. The minimum atomic E-state index is -0.335. The van der Waals surface area contributed by atoms with Crippen molar-refractivity contribution in [2.45, 2.75) is 46.1 Å². The maximum atomic E-state index is 12.6. The van der Waals surface area contributed by atoms with Crippen molar-refractivity contribution in [1.29, 1.82) is 0 Å². The van der Waals surface area contributed by atoms with E-state index in [0.29, 0.717) is 12.8 Å². The Balaban J connectivity index is 1.81. The zero-order chi connectivity index (χ0) is 18.9. The third kappa shape index (κ3) is 3.82. The predicted octanol–water partition coefficient (Wildman–Crippen LogP) is 4.85. The van der Waals surface area contributed by atoms with Gasteiger partial charge in [-0.15, -0.1) is 0 Å². The molecule has 0 saturated carbocycles. The number of rotatable bonds is 5.